The molecule has 1 saturated heterocycles. The van der Waals surface area contributed by atoms with Gasteiger partial charge in [0, 0.05) is 25.0 Å². The number of hydrogen-bond acceptors (Lipinski definition) is 3. The van der Waals surface area contributed by atoms with Crippen LogP contribution < -0.4 is 0 Å². The predicted molar refractivity (Wildman–Crippen MR) is 72.3 cm³/mol. The first kappa shape index (κ1) is 14.7. The van der Waals surface area contributed by atoms with Crippen molar-refractivity contribution in [2.45, 2.75) is 39.5 Å². The quantitative estimate of drug-likeness (QED) is 0.606. The van der Waals surface area contributed by atoms with Gasteiger partial charge in [-0.15, -0.1) is 0 Å². The molecule has 0 radical (unpaired) electrons. The zero-order chi connectivity index (χ0) is 12.7. The van der Waals surface area contributed by atoms with Crippen LogP contribution in [0.5, 0.6) is 0 Å². The third-order valence-corrected chi connectivity index (χ3v) is 4.24. The van der Waals surface area contributed by atoms with Gasteiger partial charge in [0.15, 0.2) is 0 Å². The first-order chi connectivity index (χ1) is 8.15. The number of carbonyl (C=O) groups excluding carboxylic acids is 1. The van der Waals surface area contributed by atoms with E-state index in [0.717, 1.165) is 32.5 Å². The standard InChI is InChI=1S/C14H28N2O/c1-4-14(5-2,13-17)12-15(3)10-11-16-8-6-7-9-16/h13H,4-12H2,1-3H3. The Balaban J connectivity index is 2.31. The van der Waals surface area contributed by atoms with E-state index >= 15 is 0 Å². The van der Waals surface area contributed by atoms with E-state index in [4.69, 9.17) is 0 Å². The fourth-order valence-electron chi connectivity index (χ4n) is 2.61. The van der Waals surface area contributed by atoms with Gasteiger partial charge in [-0.3, -0.25) is 0 Å². The van der Waals surface area contributed by atoms with E-state index in [0.29, 0.717) is 0 Å². The number of likely N-dealkylation sites (N-methyl/N-ethyl adjacent to an activating group) is 1. The summed E-state index contributed by atoms with van der Waals surface area (Å²) < 4.78 is 0. The Bertz CT molecular complexity index is 220. The molecule has 1 aliphatic rings. The smallest absolute Gasteiger partial charge is 0.127 e. The minimum Gasteiger partial charge on any atom is -0.304 e. The summed E-state index contributed by atoms with van der Waals surface area (Å²) in [7, 11) is 2.14. The second-order valence-electron chi connectivity index (χ2n) is 5.47. The Labute approximate surface area is 106 Å². The largest absolute Gasteiger partial charge is 0.304 e. The molecule has 0 aromatic rings. The Kier molecular flexibility index (Phi) is 6.14. The molecule has 0 aromatic carbocycles. The molecule has 3 nitrogen and oxygen atoms in total. The summed E-state index contributed by atoms with van der Waals surface area (Å²) in [4.78, 5) is 16.1. The topological polar surface area (TPSA) is 23.6 Å². The highest BCUT2D eigenvalue weighted by Gasteiger charge is 2.27. The van der Waals surface area contributed by atoms with E-state index in [-0.39, 0.29) is 5.41 Å². The molecule has 1 heterocycles. The van der Waals surface area contributed by atoms with Crippen LogP contribution in [0.15, 0.2) is 0 Å². The molecule has 1 rings (SSSR count). The molecule has 0 unspecified atom stereocenters. The van der Waals surface area contributed by atoms with E-state index in [1.165, 1.54) is 32.2 Å². The van der Waals surface area contributed by atoms with E-state index < -0.39 is 0 Å². The maximum absolute atomic E-state index is 11.2. The van der Waals surface area contributed by atoms with Gasteiger partial charge in [0.2, 0.25) is 0 Å². The predicted octanol–water partition coefficient (Wildman–Crippen LogP) is 2.02. The molecule has 100 valence electrons. The van der Waals surface area contributed by atoms with Gasteiger partial charge in [-0.05, 0) is 45.8 Å². The van der Waals surface area contributed by atoms with Crippen LogP contribution in [0.1, 0.15) is 39.5 Å². The SMILES string of the molecule is CCC(C=O)(CC)CN(C)CCN1CCCC1. The Morgan fingerprint density at radius 2 is 1.82 bits per heavy atom. The molecule has 1 fully saturated rings. The van der Waals surface area contributed by atoms with Crippen LogP contribution in [0.2, 0.25) is 0 Å². The molecular formula is C14H28N2O. The lowest BCUT2D eigenvalue weighted by Crippen LogP contribution is -2.39. The van der Waals surface area contributed by atoms with Gasteiger partial charge in [-0.2, -0.15) is 0 Å². The normalized spacial score (nSPS) is 17.9. The van der Waals surface area contributed by atoms with Gasteiger partial charge >= 0.3 is 0 Å². The summed E-state index contributed by atoms with van der Waals surface area (Å²) in [6.07, 6.45) is 5.76. The molecule has 3 heteroatoms. The number of rotatable bonds is 8. The number of hydrogen-bond donors (Lipinski definition) is 0. The summed E-state index contributed by atoms with van der Waals surface area (Å²) in [6, 6.07) is 0. The fourth-order valence-corrected chi connectivity index (χ4v) is 2.61. The first-order valence-corrected chi connectivity index (χ1v) is 7.03. The lowest BCUT2D eigenvalue weighted by molar-refractivity contribution is -0.117. The number of likely N-dealkylation sites (tertiary alicyclic amines) is 1. The van der Waals surface area contributed by atoms with Gasteiger partial charge in [0.1, 0.15) is 6.29 Å². The molecule has 1 aliphatic heterocycles. The number of aldehydes is 1. The van der Waals surface area contributed by atoms with Gasteiger partial charge < -0.3 is 14.6 Å². The van der Waals surface area contributed by atoms with Crippen LogP contribution >= 0.6 is 0 Å². The van der Waals surface area contributed by atoms with Gasteiger partial charge in [0.05, 0.1) is 0 Å². The molecule has 0 amide bonds. The first-order valence-electron chi connectivity index (χ1n) is 7.03. The average Bonchev–Trinajstić information content (AvgIpc) is 2.87. The fraction of sp³-hybridized carbons (Fsp3) is 0.929. The highest BCUT2D eigenvalue weighted by molar-refractivity contribution is 5.59. The second-order valence-corrected chi connectivity index (χ2v) is 5.47. The summed E-state index contributed by atoms with van der Waals surface area (Å²) in [5, 5.41) is 0. The monoisotopic (exact) mass is 240 g/mol. The van der Waals surface area contributed by atoms with Crippen LogP contribution in [0.4, 0.5) is 0 Å². The van der Waals surface area contributed by atoms with Crippen molar-refractivity contribution in [3.05, 3.63) is 0 Å². The maximum atomic E-state index is 11.2. The van der Waals surface area contributed by atoms with Crippen molar-refractivity contribution in [1.82, 2.24) is 9.80 Å². The Morgan fingerprint density at radius 1 is 1.24 bits per heavy atom. The van der Waals surface area contributed by atoms with Crippen LogP contribution in [0.3, 0.4) is 0 Å². The Hall–Kier alpha value is -0.410. The molecule has 0 aliphatic carbocycles. The summed E-state index contributed by atoms with van der Waals surface area (Å²) >= 11 is 0. The third-order valence-electron chi connectivity index (χ3n) is 4.24. The third kappa shape index (κ3) is 4.40. The van der Waals surface area contributed by atoms with Crippen LogP contribution in [0.25, 0.3) is 0 Å². The summed E-state index contributed by atoms with van der Waals surface area (Å²) in [5.41, 5.74) is -0.125. The molecule has 0 saturated carbocycles. The van der Waals surface area contributed by atoms with Crippen molar-refractivity contribution in [3.8, 4) is 0 Å². The maximum Gasteiger partial charge on any atom is 0.127 e. The van der Waals surface area contributed by atoms with Gasteiger partial charge in [0.25, 0.3) is 0 Å². The van der Waals surface area contributed by atoms with Crippen molar-refractivity contribution in [1.29, 1.82) is 0 Å². The Morgan fingerprint density at radius 3 is 2.29 bits per heavy atom. The van der Waals surface area contributed by atoms with Gasteiger partial charge in [-0.1, -0.05) is 13.8 Å². The molecule has 0 N–H and O–H groups in total. The van der Waals surface area contributed by atoms with E-state index in [9.17, 15) is 4.79 Å². The zero-order valence-corrected chi connectivity index (χ0v) is 11.7. The van der Waals surface area contributed by atoms with Crippen molar-refractivity contribution < 1.29 is 4.79 Å². The van der Waals surface area contributed by atoms with Crippen molar-refractivity contribution in [2.24, 2.45) is 5.41 Å². The minimum atomic E-state index is -0.125. The molecule has 0 bridgehead atoms. The average molecular weight is 240 g/mol. The molecule has 17 heavy (non-hydrogen) atoms. The number of carbonyl (C=O) groups is 1. The number of nitrogens with zero attached hydrogens (tertiary/aromatic N) is 2. The molecule has 0 spiro atoms. The van der Waals surface area contributed by atoms with E-state index in [2.05, 4.69) is 30.7 Å². The van der Waals surface area contributed by atoms with E-state index in [1.807, 2.05) is 0 Å². The van der Waals surface area contributed by atoms with Crippen molar-refractivity contribution in [3.63, 3.8) is 0 Å². The molecular weight excluding hydrogens is 212 g/mol. The lowest BCUT2D eigenvalue weighted by Gasteiger charge is -2.31. The molecule has 0 atom stereocenters. The van der Waals surface area contributed by atoms with Crippen LogP contribution in [-0.2, 0) is 4.79 Å². The lowest BCUT2D eigenvalue weighted by atomic mass is 9.83. The zero-order valence-electron chi connectivity index (χ0n) is 11.7. The van der Waals surface area contributed by atoms with Gasteiger partial charge in [-0.25, -0.2) is 0 Å². The summed E-state index contributed by atoms with van der Waals surface area (Å²) in [6.45, 7) is 9.88. The van der Waals surface area contributed by atoms with Crippen molar-refractivity contribution >= 4 is 6.29 Å². The second kappa shape index (κ2) is 7.12. The minimum absolute atomic E-state index is 0.125. The van der Waals surface area contributed by atoms with Crippen LogP contribution in [-0.4, -0.2) is 55.9 Å². The highest BCUT2D eigenvalue weighted by Crippen LogP contribution is 2.24. The molecule has 0 aromatic heterocycles. The van der Waals surface area contributed by atoms with Crippen molar-refractivity contribution in [2.75, 3.05) is 39.8 Å². The summed E-state index contributed by atoms with van der Waals surface area (Å²) in [5.74, 6) is 0. The van der Waals surface area contributed by atoms with E-state index in [1.54, 1.807) is 0 Å². The highest BCUT2D eigenvalue weighted by atomic mass is 16.1. The van der Waals surface area contributed by atoms with Crippen LogP contribution in [0, 0.1) is 5.41 Å².